The van der Waals surface area contributed by atoms with Crippen molar-refractivity contribution in [2.75, 3.05) is 12.4 Å². The molecule has 4 bridgehead atoms. The molecule has 4 amide bonds. The van der Waals surface area contributed by atoms with Gasteiger partial charge in [0, 0.05) is 36.7 Å². The van der Waals surface area contributed by atoms with Gasteiger partial charge >= 0.3 is 0 Å². The van der Waals surface area contributed by atoms with Crippen molar-refractivity contribution in [1.82, 2.24) is 20.5 Å². The number of amides is 4. The van der Waals surface area contributed by atoms with E-state index in [1.807, 2.05) is 12.1 Å². The molecule has 254 valence electrons. The highest BCUT2D eigenvalue weighted by Gasteiger charge is 2.52. The molecular weight excluding hydrogens is 614 g/mol. The first-order valence-electron chi connectivity index (χ1n) is 16.9. The van der Waals surface area contributed by atoms with Gasteiger partial charge < -0.3 is 30.3 Å². The molecule has 4 fully saturated rings. The molecule has 0 radical (unpaired) electrons. The van der Waals surface area contributed by atoms with Gasteiger partial charge in [0.2, 0.25) is 17.6 Å². The summed E-state index contributed by atoms with van der Waals surface area (Å²) in [4.78, 5) is 77.6. The molecule has 0 spiro atoms. The quantitative estimate of drug-likeness (QED) is 0.217. The normalized spacial score (nSPS) is 24.6. The minimum Gasteiger partial charge on any atom is -0.451 e. The van der Waals surface area contributed by atoms with Gasteiger partial charge in [-0.1, -0.05) is 31.5 Å². The van der Waals surface area contributed by atoms with Crippen molar-refractivity contribution in [3.63, 3.8) is 0 Å². The summed E-state index contributed by atoms with van der Waals surface area (Å²) in [7, 11) is 1.32. The van der Waals surface area contributed by atoms with E-state index in [4.69, 9.17) is 4.42 Å². The Morgan fingerprint density at radius 2 is 1.65 bits per heavy atom. The van der Waals surface area contributed by atoms with Crippen molar-refractivity contribution < 1.29 is 28.4 Å². The summed E-state index contributed by atoms with van der Waals surface area (Å²) in [6.07, 6.45) is 6.79. The number of aryl methyl sites for hydroxylation is 1. The molecular formula is C36H43N5O7. The van der Waals surface area contributed by atoms with Crippen molar-refractivity contribution in [2.24, 2.45) is 29.6 Å². The summed E-state index contributed by atoms with van der Waals surface area (Å²) in [5.74, 6) is 0.00267. The number of nitrogens with zero attached hydrogens (tertiary/aromatic N) is 1. The molecule has 12 nitrogen and oxygen atoms in total. The summed E-state index contributed by atoms with van der Waals surface area (Å²) in [5, 5.41) is 11.4. The van der Waals surface area contributed by atoms with Gasteiger partial charge in [0.15, 0.2) is 5.76 Å². The Hall–Kier alpha value is -4.74. The molecule has 4 saturated carbocycles. The smallest absolute Gasteiger partial charge is 0.287 e. The number of hydrogen-bond acceptors (Lipinski definition) is 7. The predicted octanol–water partition coefficient (Wildman–Crippen LogP) is 3.31. The summed E-state index contributed by atoms with van der Waals surface area (Å²) < 4.78 is 6.99. The molecule has 2 heterocycles. The van der Waals surface area contributed by atoms with Crippen LogP contribution < -0.4 is 26.8 Å². The van der Waals surface area contributed by atoms with Gasteiger partial charge in [-0.3, -0.25) is 28.8 Å². The zero-order valence-electron chi connectivity index (χ0n) is 27.5. The van der Waals surface area contributed by atoms with Crippen molar-refractivity contribution in [3.05, 3.63) is 64.3 Å². The second kappa shape index (κ2) is 13.8. The third kappa shape index (κ3) is 6.52. The molecule has 0 aliphatic heterocycles. The van der Waals surface area contributed by atoms with E-state index in [0.717, 1.165) is 48.8 Å². The number of para-hydroxylation sites is 1. The Balaban J connectivity index is 1.13. The average Bonchev–Trinajstić information content (AvgIpc) is 3.41. The number of carbonyl (C=O) groups is 5. The van der Waals surface area contributed by atoms with Crippen molar-refractivity contribution >= 4 is 46.1 Å². The van der Waals surface area contributed by atoms with Crippen LogP contribution in [0.4, 0.5) is 5.69 Å². The van der Waals surface area contributed by atoms with Gasteiger partial charge in [0.25, 0.3) is 17.4 Å². The van der Waals surface area contributed by atoms with Gasteiger partial charge in [-0.15, -0.1) is 0 Å². The van der Waals surface area contributed by atoms with Crippen molar-refractivity contribution in [3.8, 4) is 0 Å². The zero-order valence-corrected chi connectivity index (χ0v) is 27.5. The van der Waals surface area contributed by atoms with E-state index < -0.39 is 35.1 Å². The van der Waals surface area contributed by atoms with Crippen LogP contribution in [-0.4, -0.2) is 53.1 Å². The largest absolute Gasteiger partial charge is 0.451 e. The fourth-order valence-electron chi connectivity index (χ4n) is 8.67. The first-order valence-corrected chi connectivity index (χ1v) is 16.9. The van der Waals surface area contributed by atoms with E-state index in [0.29, 0.717) is 23.0 Å². The molecule has 1 atom stereocenters. The van der Waals surface area contributed by atoms with E-state index in [9.17, 15) is 28.8 Å². The highest BCUT2D eigenvalue weighted by Crippen LogP contribution is 2.57. The molecule has 12 heteroatoms. The number of fused-ring (bicyclic) bond motifs is 1. The van der Waals surface area contributed by atoms with Crippen molar-refractivity contribution in [1.29, 1.82) is 0 Å². The second-order valence-corrected chi connectivity index (χ2v) is 13.6. The van der Waals surface area contributed by atoms with Crippen LogP contribution in [0.1, 0.15) is 68.0 Å². The molecule has 4 N–H and O–H groups in total. The number of benzene rings is 1. The van der Waals surface area contributed by atoms with E-state index in [-0.39, 0.29) is 42.8 Å². The number of rotatable bonds is 12. The van der Waals surface area contributed by atoms with E-state index >= 15 is 0 Å². The molecule has 4 aliphatic carbocycles. The lowest BCUT2D eigenvalue weighted by Gasteiger charge is -2.58. The lowest BCUT2D eigenvalue weighted by molar-refractivity contribution is -0.137. The maximum atomic E-state index is 13.5. The molecule has 0 unspecified atom stereocenters. The number of likely N-dealkylation sites (N-methyl/N-ethyl adjacent to an activating group) is 1. The van der Waals surface area contributed by atoms with E-state index in [1.165, 1.54) is 30.3 Å². The molecule has 7 rings (SSSR count). The number of hydrogen-bond donors (Lipinski definition) is 4. The number of furan rings is 1. The van der Waals surface area contributed by atoms with Gasteiger partial charge in [-0.05, 0) is 86.8 Å². The lowest BCUT2D eigenvalue weighted by Crippen LogP contribution is -2.58. The Bertz CT molecular complexity index is 1780. The monoisotopic (exact) mass is 657 g/mol. The number of ketones is 1. The first-order chi connectivity index (χ1) is 23.1. The SMILES string of the molecule is CCC1C2CC3CC1CC(C2)C3NC(=O)Cn1cccc(NC(=O)[C@H](CCC(=O)C(=O)NC)NC(=O)c2oc3ccccc3c2C)c1=O. The molecule has 3 aromatic rings. The molecule has 4 aliphatic rings. The Kier molecular flexibility index (Phi) is 9.52. The van der Waals surface area contributed by atoms with Crippen molar-refractivity contribution in [2.45, 2.75) is 77.4 Å². The summed E-state index contributed by atoms with van der Waals surface area (Å²) in [5.41, 5.74) is 0.397. The van der Waals surface area contributed by atoms with Gasteiger partial charge in [0.05, 0.1) is 0 Å². The van der Waals surface area contributed by atoms with E-state index in [1.54, 1.807) is 25.1 Å². The number of aromatic nitrogens is 1. The highest BCUT2D eigenvalue weighted by atomic mass is 16.3. The van der Waals surface area contributed by atoms with Gasteiger partial charge in [0.1, 0.15) is 23.9 Å². The number of nitrogens with one attached hydrogen (secondary N) is 4. The van der Waals surface area contributed by atoms with Crippen LogP contribution in [0.15, 0.2) is 51.8 Å². The lowest BCUT2D eigenvalue weighted by atomic mass is 9.49. The maximum Gasteiger partial charge on any atom is 0.287 e. The molecule has 48 heavy (non-hydrogen) atoms. The standard InChI is InChI=1S/C36H43N5O7/c1-4-24-20-14-22-16-21(24)17-23(15-20)31(22)40-30(43)18-41-13-7-9-27(36(41)47)39-33(44)26(11-12-28(42)34(45)37-3)38-35(46)32-19(2)25-8-5-6-10-29(25)48-32/h5-10,13,20-24,26,31H,4,11-12,14-18H2,1-3H3,(H,37,45)(H,38,46)(H,39,44)(H,40,43)/t20?,21?,22?,23?,24?,26-,31?/m0/s1. The molecule has 0 saturated heterocycles. The number of carbonyl (C=O) groups excluding carboxylic acids is 5. The fourth-order valence-corrected chi connectivity index (χ4v) is 8.67. The van der Waals surface area contributed by atoms with Crippen LogP contribution in [0, 0.1) is 36.5 Å². The summed E-state index contributed by atoms with van der Waals surface area (Å²) in [6.45, 7) is 3.81. The average molecular weight is 658 g/mol. The van der Waals surface area contributed by atoms with Crippen LogP contribution >= 0.6 is 0 Å². The topological polar surface area (TPSA) is 169 Å². The predicted molar refractivity (Wildman–Crippen MR) is 178 cm³/mol. The fraction of sp³-hybridized carbons (Fsp3) is 0.500. The third-order valence-electron chi connectivity index (χ3n) is 10.9. The zero-order chi connectivity index (χ0) is 34.1. The van der Waals surface area contributed by atoms with Crippen LogP contribution in [-0.2, 0) is 25.7 Å². The molecule has 2 aromatic heterocycles. The number of Topliss-reactive ketones (excluding diaryl/α,β-unsaturated/α-hetero) is 1. The van der Waals surface area contributed by atoms with Gasteiger partial charge in [-0.25, -0.2) is 0 Å². The molecule has 1 aromatic carbocycles. The first kappa shape index (κ1) is 33.2. The third-order valence-corrected chi connectivity index (χ3v) is 10.9. The summed E-state index contributed by atoms with van der Waals surface area (Å²) in [6, 6.07) is 8.91. The van der Waals surface area contributed by atoms with Crippen LogP contribution in [0.5, 0.6) is 0 Å². The number of anilines is 1. The van der Waals surface area contributed by atoms with Crippen LogP contribution in [0.25, 0.3) is 11.0 Å². The highest BCUT2D eigenvalue weighted by molar-refractivity contribution is 6.36. The van der Waals surface area contributed by atoms with E-state index in [2.05, 4.69) is 28.2 Å². The van der Waals surface area contributed by atoms with Gasteiger partial charge in [-0.2, -0.15) is 0 Å². The minimum absolute atomic E-state index is 0.00372. The minimum atomic E-state index is -1.29. The maximum absolute atomic E-state index is 13.5. The number of pyridine rings is 1. The van der Waals surface area contributed by atoms with Crippen LogP contribution in [0.3, 0.4) is 0 Å². The Morgan fingerprint density at radius 3 is 2.29 bits per heavy atom. The summed E-state index contributed by atoms with van der Waals surface area (Å²) >= 11 is 0. The van der Waals surface area contributed by atoms with Crippen LogP contribution in [0.2, 0.25) is 0 Å². The Morgan fingerprint density at radius 1 is 0.958 bits per heavy atom. The second-order valence-electron chi connectivity index (χ2n) is 13.6. The Labute approximate surface area is 278 Å².